The first-order valence-electron chi connectivity index (χ1n) is 10.0. The van der Waals surface area contributed by atoms with Gasteiger partial charge in [-0.2, -0.15) is 0 Å². The first-order chi connectivity index (χ1) is 12.1. The summed E-state index contributed by atoms with van der Waals surface area (Å²) < 4.78 is 4.64. The minimum atomic E-state index is -0.173. The molecule has 0 bridgehead atoms. The van der Waals surface area contributed by atoms with Gasteiger partial charge in [0, 0.05) is 18.8 Å². The molecule has 0 aliphatic heterocycles. The number of unbranched alkanes of at least 4 members (excludes halogenated alkanes) is 4. The van der Waals surface area contributed by atoms with Crippen molar-refractivity contribution in [3.05, 3.63) is 12.2 Å². The van der Waals surface area contributed by atoms with Crippen molar-refractivity contribution in [2.24, 2.45) is 11.8 Å². The number of rotatable bonds is 13. The Kier molecular flexibility index (Phi) is 11.5. The molecule has 1 rings (SSSR count). The van der Waals surface area contributed by atoms with Crippen molar-refractivity contribution in [3.63, 3.8) is 0 Å². The number of carbonyl (C=O) groups excluding carboxylic acids is 2. The van der Waals surface area contributed by atoms with Gasteiger partial charge in [-0.25, -0.2) is 0 Å². The van der Waals surface area contributed by atoms with Crippen molar-refractivity contribution in [3.8, 4) is 0 Å². The van der Waals surface area contributed by atoms with Crippen LogP contribution in [0.5, 0.6) is 0 Å². The maximum atomic E-state index is 12.1. The Morgan fingerprint density at radius 2 is 2.04 bits per heavy atom. The molecule has 0 aromatic rings. The van der Waals surface area contributed by atoms with E-state index in [4.69, 9.17) is 0 Å². The predicted octanol–water partition coefficient (Wildman–Crippen LogP) is 4.59. The van der Waals surface area contributed by atoms with Gasteiger partial charge in [-0.3, -0.25) is 9.59 Å². The molecule has 0 aromatic heterocycles. The van der Waals surface area contributed by atoms with Gasteiger partial charge in [0.15, 0.2) is 0 Å². The van der Waals surface area contributed by atoms with Crippen LogP contribution >= 0.6 is 0 Å². The van der Waals surface area contributed by atoms with E-state index in [0.717, 1.165) is 70.6 Å². The van der Waals surface area contributed by atoms with Crippen LogP contribution in [0.15, 0.2) is 12.2 Å². The highest BCUT2D eigenvalue weighted by molar-refractivity contribution is 5.83. The Hall–Kier alpha value is -1.16. The molecule has 4 heteroatoms. The van der Waals surface area contributed by atoms with Crippen LogP contribution in [0.3, 0.4) is 0 Å². The number of carbonyl (C=O) groups is 2. The Balaban J connectivity index is 2.20. The number of Topliss-reactive ketones (excluding diaryl/α,β-unsaturated/α-hetero) is 1. The van der Waals surface area contributed by atoms with E-state index in [1.165, 1.54) is 7.11 Å². The number of aliphatic hydroxyl groups excluding tert-OH is 1. The largest absolute Gasteiger partial charge is 0.469 e. The van der Waals surface area contributed by atoms with Crippen molar-refractivity contribution in [2.75, 3.05) is 7.11 Å². The quantitative estimate of drug-likeness (QED) is 0.299. The van der Waals surface area contributed by atoms with Crippen molar-refractivity contribution in [1.82, 2.24) is 0 Å². The second-order valence-corrected chi connectivity index (χ2v) is 7.23. The molecule has 0 amide bonds. The zero-order chi connectivity index (χ0) is 18.5. The number of methoxy groups -OCH3 is 1. The van der Waals surface area contributed by atoms with Crippen molar-refractivity contribution in [2.45, 2.75) is 90.1 Å². The monoisotopic (exact) mass is 352 g/mol. The molecule has 0 spiro atoms. The van der Waals surface area contributed by atoms with E-state index in [1.54, 1.807) is 0 Å². The lowest BCUT2D eigenvalue weighted by Crippen LogP contribution is -2.13. The van der Waals surface area contributed by atoms with Crippen LogP contribution in [-0.2, 0) is 14.3 Å². The van der Waals surface area contributed by atoms with Crippen molar-refractivity contribution < 1.29 is 19.4 Å². The molecule has 1 aliphatic carbocycles. The molecule has 0 saturated heterocycles. The van der Waals surface area contributed by atoms with Crippen molar-refractivity contribution >= 4 is 11.8 Å². The summed E-state index contributed by atoms with van der Waals surface area (Å²) in [7, 11) is 1.42. The zero-order valence-corrected chi connectivity index (χ0v) is 16.0. The minimum Gasteiger partial charge on any atom is -0.469 e. The average Bonchev–Trinajstić information content (AvgIpc) is 2.97. The molecule has 1 N–H and O–H groups in total. The maximum Gasteiger partial charge on any atom is 0.305 e. The third-order valence-corrected chi connectivity index (χ3v) is 5.29. The number of hydrogen-bond acceptors (Lipinski definition) is 4. The highest BCUT2D eigenvalue weighted by Crippen LogP contribution is 2.34. The second-order valence-electron chi connectivity index (χ2n) is 7.23. The number of ether oxygens (including phenoxy) is 1. The fourth-order valence-corrected chi connectivity index (χ4v) is 3.58. The lowest BCUT2D eigenvalue weighted by Gasteiger charge is -2.15. The standard InChI is InChI=1S/C21H36O4/c1-3-18(22)12-8-6-7-11-17-15-16-20(23)19(17)13-9-4-5-10-14-21(24)25-2/h7,11,17-19,22H,3-6,8-10,12-16H2,1-2H3/b11-7-/t17-,18?,19+/m0/s1. The number of aliphatic hydroxyl groups is 1. The van der Waals surface area contributed by atoms with Gasteiger partial charge in [-0.05, 0) is 50.9 Å². The fraction of sp³-hybridized carbons (Fsp3) is 0.810. The molecule has 1 fully saturated rings. The number of allylic oxidation sites excluding steroid dienone is 2. The lowest BCUT2D eigenvalue weighted by molar-refractivity contribution is -0.140. The summed E-state index contributed by atoms with van der Waals surface area (Å²) in [5.41, 5.74) is 0. The molecule has 0 heterocycles. The van der Waals surface area contributed by atoms with Crippen LogP contribution in [0.4, 0.5) is 0 Å². The smallest absolute Gasteiger partial charge is 0.305 e. The third kappa shape index (κ3) is 9.20. The molecule has 0 radical (unpaired) electrons. The third-order valence-electron chi connectivity index (χ3n) is 5.29. The molecule has 4 nitrogen and oxygen atoms in total. The summed E-state index contributed by atoms with van der Waals surface area (Å²) in [6.45, 7) is 2.00. The minimum absolute atomic E-state index is 0.136. The zero-order valence-electron chi connectivity index (χ0n) is 16.0. The van der Waals surface area contributed by atoms with E-state index in [9.17, 15) is 14.7 Å². The first-order valence-corrected chi connectivity index (χ1v) is 10.0. The van der Waals surface area contributed by atoms with Gasteiger partial charge in [-0.1, -0.05) is 38.3 Å². The highest BCUT2D eigenvalue weighted by Gasteiger charge is 2.32. The van der Waals surface area contributed by atoms with E-state index in [0.29, 0.717) is 18.1 Å². The van der Waals surface area contributed by atoms with Gasteiger partial charge in [0.25, 0.3) is 0 Å². The fourth-order valence-electron chi connectivity index (χ4n) is 3.58. The molecular weight excluding hydrogens is 316 g/mol. The summed E-state index contributed by atoms with van der Waals surface area (Å²) >= 11 is 0. The summed E-state index contributed by atoms with van der Waals surface area (Å²) in [6.07, 6.45) is 15.2. The predicted molar refractivity (Wildman–Crippen MR) is 100 cm³/mol. The Labute approximate surface area is 153 Å². The van der Waals surface area contributed by atoms with Crippen molar-refractivity contribution in [1.29, 1.82) is 0 Å². The summed E-state index contributed by atoms with van der Waals surface area (Å²) in [5.74, 6) is 0.880. The van der Waals surface area contributed by atoms with Gasteiger partial charge in [-0.15, -0.1) is 0 Å². The van der Waals surface area contributed by atoms with Gasteiger partial charge >= 0.3 is 5.97 Å². The van der Waals surface area contributed by atoms with Crippen LogP contribution in [-0.4, -0.2) is 30.1 Å². The van der Waals surface area contributed by atoms with Crippen LogP contribution in [0.25, 0.3) is 0 Å². The molecule has 0 aromatic carbocycles. The number of esters is 1. The molecule has 144 valence electrons. The van der Waals surface area contributed by atoms with E-state index in [2.05, 4.69) is 16.9 Å². The van der Waals surface area contributed by atoms with E-state index >= 15 is 0 Å². The Morgan fingerprint density at radius 1 is 1.28 bits per heavy atom. The van der Waals surface area contributed by atoms with Gasteiger partial charge in [0.2, 0.25) is 0 Å². The average molecular weight is 353 g/mol. The normalized spacial score (nSPS) is 21.8. The van der Waals surface area contributed by atoms with Crippen LogP contribution < -0.4 is 0 Å². The van der Waals surface area contributed by atoms with Crippen LogP contribution in [0.2, 0.25) is 0 Å². The topological polar surface area (TPSA) is 63.6 Å². The first kappa shape index (κ1) is 21.9. The Bertz CT molecular complexity index is 416. The van der Waals surface area contributed by atoms with E-state index in [-0.39, 0.29) is 18.0 Å². The highest BCUT2D eigenvalue weighted by atomic mass is 16.5. The maximum absolute atomic E-state index is 12.1. The van der Waals surface area contributed by atoms with Crippen LogP contribution in [0.1, 0.15) is 84.0 Å². The van der Waals surface area contributed by atoms with Gasteiger partial charge in [0.1, 0.15) is 5.78 Å². The molecule has 1 unspecified atom stereocenters. The lowest BCUT2D eigenvalue weighted by atomic mass is 9.89. The summed E-state index contributed by atoms with van der Waals surface area (Å²) in [6, 6.07) is 0. The number of hydrogen-bond donors (Lipinski definition) is 1. The second kappa shape index (κ2) is 13.1. The number of ketones is 1. The SMILES string of the molecule is CCC(O)CCC/C=C\[C@H]1CCC(=O)[C@@H]1CCCCCCC(=O)OC. The molecule has 1 aliphatic rings. The molecular formula is C21H36O4. The summed E-state index contributed by atoms with van der Waals surface area (Å²) in [5, 5.41) is 9.55. The van der Waals surface area contributed by atoms with E-state index in [1.807, 2.05) is 6.92 Å². The molecule has 3 atom stereocenters. The summed E-state index contributed by atoms with van der Waals surface area (Å²) in [4.78, 5) is 23.2. The van der Waals surface area contributed by atoms with Gasteiger partial charge < -0.3 is 9.84 Å². The molecule has 25 heavy (non-hydrogen) atoms. The van der Waals surface area contributed by atoms with Gasteiger partial charge in [0.05, 0.1) is 13.2 Å². The Morgan fingerprint density at radius 3 is 2.76 bits per heavy atom. The molecule has 1 saturated carbocycles. The van der Waals surface area contributed by atoms with Crippen LogP contribution in [0, 0.1) is 11.8 Å². The van der Waals surface area contributed by atoms with E-state index < -0.39 is 0 Å².